The van der Waals surface area contributed by atoms with Gasteiger partial charge in [0.05, 0.1) is 5.00 Å². The molecule has 0 aliphatic rings. The highest BCUT2D eigenvalue weighted by Gasteiger charge is 2.36. The molecule has 1 amide bonds. The second kappa shape index (κ2) is 5.75. The predicted molar refractivity (Wildman–Crippen MR) is 68.1 cm³/mol. The molecule has 0 N–H and O–H groups in total. The molecule has 0 unspecified atom stereocenters. The molecule has 0 aliphatic carbocycles. The van der Waals surface area contributed by atoms with Gasteiger partial charge in [-0.25, -0.2) is 0 Å². The van der Waals surface area contributed by atoms with Crippen molar-refractivity contribution in [1.29, 1.82) is 0 Å². The van der Waals surface area contributed by atoms with E-state index in [1.54, 1.807) is 24.6 Å². The summed E-state index contributed by atoms with van der Waals surface area (Å²) < 4.78 is 41.8. The maximum atomic E-state index is 12.3. The smallest absolute Gasteiger partial charge is 0.445 e. The molecule has 2 rings (SSSR count). The summed E-state index contributed by atoms with van der Waals surface area (Å²) in [6.45, 7) is -0.402. The average molecular weight is 323 g/mol. The Morgan fingerprint density at radius 1 is 1.45 bits per heavy atom. The number of hydrogen-bond donors (Lipinski definition) is 0. The van der Waals surface area contributed by atoms with Gasteiger partial charge in [-0.3, -0.25) is 4.79 Å². The van der Waals surface area contributed by atoms with E-state index in [1.165, 1.54) is 16.2 Å². The van der Waals surface area contributed by atoms with Crippen molar-refractivity contribution in [3.63, 3.8) is 0 Å². The van der Waals surface area contributed by atoms with E-state index in [0.29, 0.717) is 5.00 Å². The first-order valence-corrected chi connectivity index (χ1v) is 6.91. The van der Waals surface area contributed by atoms with Gasteiger partial charge in [0.15, 0.2) is 6.61 Å². The van der Waals surface area contributed by atoms with Crippen molar-refractivity contribution >= 4 is 33.6 Å². The lowest BCUT2D eigenvalue weighted by atomic mass is 10.5. The van der Waals surface area contributed by atoms with E-state index in [1.807, 2.05) is 0 Å². The number of carbonyl (C=O) groups is 1. The van der Waals surface area contributed by atoms with Gasteiger partial charge in [-0.15, -0.1) is 16.4 Å². The molecule has 0 spiro atoms. The van der Waals surface area contributed by atoms with Crippen molar-refractivity contribution in [2.24, 2.45) is 0 Å². The van der Waals surface area contributed by atoms with Gasteiger partial charge in [0.1, 0.15) is 0 Å². The highest BCUT2D eigenvalue weighted by Crippen LogP contribution is 2.33. The second-order valence-corrected chi connectivity index (χ2v) is 5.43. The molecule has 108 valence electrons. The van der Waals surface area contributed by atoms with Gasteiger partial charge >= 0.3 is 6.18 Å². The Hall–Kier alpha value is -1.68. The van der Waals surface area contributed by atoms with Gasteiger partial charge in [-0.1, -0.05) is 16.4 Å². The minimum atomic E-state index is -4.56. The quantitative estimate of drug-likeness (QED) is 0.868. The van der Waals surface area contributed by atoms with Crippen LogP contribution in [0, 0.1) is 0 Å². The van der Waals surface area contributed by atoms with E-state index in [9.17, 15) is 18.0 Å². The summed E-state index contributed by atoms with van der Waals surface area (Å²) in [6, 6.07) is 3.53. The van der Waals surface area contributed by atoms with Crippen LogP contribution in [0.3, 0.4) is 0 Å². The Balaban J connectivity index is 1.92. The summed E-state index contributed by atoms with van der Waals surface area (Å²) in [5.74, 6) is -0.392. The summed E-state index contributed by atoms with van der Waals surface area (Å²) in [7, 11) is 1.55. The van der Waals surface area contributed by atoms with Crippen LogP contribution in [0.4, 0.5) is 18.2 Å². The predicted octanol–water partition coefficient (Wildman–Crippen LogP) is 2.66. The monoisotopic (exact) mass is 323 g/mol. The maximum absolute atomic E-state index is 12.3. The highest BCUT2D eigenvalue weighted by atomic mass is 32.1. The number of carbonyl (C=O) groups excluding carboxylic acids is 1. The van der Waals surface area contributed by atoms with Crippen molar-refractivity contribution in [3.05, 3.63) is 22.5 Å². The standard InChI is InChI=1S/C10H8F3N3O2S2/c1-16(7-3-2-4-19-7)6(17)5-18-9-15-14-8(20-9)10(11,12)13/h2-4H,5H2,1H3. The summed E-state index contributed by atoms with van der Waals surface area (Å²) in [6.07, 6.45) is -4.56. The van der Waals surface area contributed by atoms with Crippen LogP contribution in [0.5, 0.6) is 5.19 Å². The topological polar surface area (TPSA) is 55.3 Å². The lowest BCUT2D eigenvalue weighted by Crippen LogP contribution is -2.30. The number of anilines is 1. The Kier molecular flexibility index (Phi) is 4.23. The fourth-order valence-corrected chi connectivity index (χ4v) is 2.46. The van der Waals surface area contributed by atoms with Gasteiger partial charge in [-0.2, -0.15) is 13.2 Å². The molecule has 20 heavy (non-hydrogen) atoms. The molecule has 0 saturated carbocycles. The number of halogens is 3. The Labute approximate surface area is 119 Å². The lowest BCUT2D eigenvalue weighted by Gasteiger charge is -2.14. The summed E-state index contributed by atoms with van der Waals surface area (Å²) in [4.78, 5) is 13.1. The van der Waals surface area contributed by atoms with Crippen LogP contribution in [0.15, 0.2) is 17.5 Å². The van der Waals surface area contributed by atoms with E-state index in [4.69, 9.17) is 4.74 Å². The summed E-state index contributed by atoms with van der Waals surface area (Å²) >= 11 is 1.62. The van der Waals surface area contributed by atoms with Crippen LogP contribution >= 0.6 is 22.7 Å². The minimum absolute atomic E-state index is 0.253. The first-order chi connectivity index (χ1) is 9.38. The molecular formula is C10H8F3N3O2S2. The van der Waals surface area contributed by atoms with E-state index < -0.39 is 23.7 Å². The fraction of sp³-hybridized carbons (Fsp3) is 0.300. The van der Waals surface area contributed by atoms with Crippen molar-refractivity contribution < 1.29 is 22.7 Å². The molecule has 2 heterocycles. The van der Waals surface area contributed by atoms with Gasteiger partial charge in [0.2, 0.25) is 5.01 Å². The van der Waals surface area contributed by atoms with Crippen molar-refractivity contribution in [1.82, 2.24) is 10.2 Å². The van der Waals surface area contributed by atoms with Crippen molar-refractivity contribution in [2.75, 3.05) is 18.6 Å². The summed E-state index contributed by atoms with van der Waals surface area (Å²) in [5.41, 5.74) is 0. The van der Waals surface area contributed by atoms with E-state index in [-0.39, 0.29) is 16.5 Å². The molecule has 0 saturated heterocycles. The lowest BCUT2D eigenvalue weighted by molar-refractivity contribution is -0.138. The number of hydrogen-bond acceptors (Lipinski definition) is 6. The maximum Gasteiger partial charge on any atom is 0.445 e. The number of aromatic nitrogens is 2. The number of ether oxygens (including phenoxy) is 1. The molecule has 0 radical (unpaired) electrons. The molecular weight excluding hydrogens is 315 g/mol. The van der Waals surface area contributed by atoms with E-state index in [2.05, 4.69) is 10.2 Å². The Bertz CT molecular complexity index is 583. The first kappa shape index (κ1) is 14.7. The average Bonchev–Trinajstić information content (AvgIpc) is 3.04. The Morgan fingerprint density at radius 3 is 2.75 bits per heavy atom. The number of likely N-dealkylation sites (N-methyl/N-ethyl adjacent to an activating group) is 1. The van der Waals surface area contributed by atoms with Crippen LogP contribution in [0.25, 0.3) is 0 Å². The second-order valence-electron chi connectivity index (χ2n) is 3.56. The molecule has 0 bridgehead atoms. The third kappa shape index (κ3) is 3.45. The molecule has 0 atom stereocenters. The van der Waals surface area contributed by atoms with Crippen LogP contribution in [0.1, 0.15) is 5.01 Å². The fourth-order valence-electron chi connectivity index (χ4n) is 1.19. The molecule has 5 nitrogen and oxygen atoms in total. The van der Waals surface area contributed by atoms with Crippen LogP contribution in [-0.2, 0) is 11.0 Å². The van der Waals surface area contributed by atoms with Crippen LogP contribution in [0.2, 0.25) is 0 Å². The Morgan fingerprint density at radius 2 is 2.20 bits per heavy atom. The van der Waals surface area contributed by atoms with Crippen LogP contribution < -0.4 is 9.64 Å². The van der Waals surface area contributed by atoms with E-state index >= 15 is 0 Å². The highest BCUT2D eigenvalue weighted by molar-refractivity contribution is 7.14. The van der Waals surface area contributed by atoms with Crippen molar-refractivity contribution in [3.8, 4) is 5.19 Å². The molecule has 10 heteroatoms. The van der Waals surface area contributed by atoms with Crippen LogP contribution in [-0.4, -0.2) is 29.8 Å². The number of nitrogens with zero attached hydrogens (tertiary/aromatic N) is 3. The van der Waals surface area contributed by atoms with Gasteiger partial charge in [-0.05, 0) is 17.5 Å². The number of alkyl halides is 3. The molecule has 2 aromatic rings. The number of thiophene rings is 1. The zero-order valence-corrected chi connectivity index (χ0v) is 11.7. The molecule has 0 aliphatic heterocycles. The van der Waals surface area contributed by atoms with Gasteiger partial charge in [0.25, 0.3) is 11.1 Å². The molecule has 0 fully saturated rings. The normalized spacial score (nSPS) is 11.4. The third-order valence-electron chi connectivity index (χ3n) is 2.18. The summed E-state index contributed by atoms with van der Waals surface area (Å²) in [5, 5.41) is 7.32. The zero-order chi connectivity index (χ0) is 14.8. The van der Waals surface area contributed by atoms with Gasteiger partial charge in [0, 0.05) is 7.05 Å². The number of amides is 1. The molecule has 0 aromatic carbocycles. The minimum Gasteiger partial charge on any atom is -0.459 e. The number of rotatable bonds is 4. The zero-order valence-electron chi connectivity index (χ0n) is 10.0. The SMILES string of the molecule is CN(C(=O)COc1nnc(C(F)(F)F)s1)c1cccs1. The third-order valence-corrected chi connectivity index (χ3v) is 4.00. The first-order valence-electron chi connectivity index (χ1n) is 5.21. The largest absolute Gasteiger partial charge is 0.459 e. The van der Waals surface area contributed by atoms with Gasteiger partial charge < -0.3 is 9.64 Å². The van der Waals surface area contributed by atoms with Crippen molar-refractivity contribution in [2.45, 2.75) is 6.18 Å². The molecule has 2 aromatic heterocycles. The van der Waals surface area contributed by atoms with E-state index in [0.717, 1.165) is 0 Å².